The third-order valence-corrected chi connectivity index (χ3v) is 8.57. The molecule has 1 amide bonds. The standard InChI is InChI=1S/C20H18FN3O3S3/c21-15-6-8-17(9-7-15)30(26,27)24-13-28-12-18(24)19(25)22-10-16-11-29-20(23-16)14-4-2-1-3-5-14/h1-9,11,18H,10,12-13H2,(H,22,25)/t18-/m1/s1. The van der Waals surface area contributed by atoms with E-state index >= 15 is 0 Å². The predicted octanol–water partition coefficient (Wildman–Crippen LogP) is 3.33. The summed E-state index contributed by atoms with van der Waals surface area (Å²) < 4.78 is 40.1. The first kappa shape index (κ1) is 21.0. The molecule has 2 heterocycles. The second-order valence-corrected chi connectivity index (χ2v) is 10.3. The van der Waals surface area contributed by atoms with Crippen molar-refractivity contribution in [3.05, 3.63) is 71.5 Å². The lowest BCUT2D eigenvalue weighted by molar-refractivity contribution is -0.124. The van der Waals surface area contributed by atoms with Crippen LogP contribution in [0.4, 0.5) is 4.39 Å². The summed E-state index contributed by atoms with van der Waals surface area (Å²) in [7, 11) is -3.89. The minimum absolute atomic E-state index is 0.0313. The molecular formula is C20H18FN3O3S3. The first-order valence-corrected chi connectivity index (χ1v) is 12.6. The fourth-order valence-corrected chi connectivity index (χ4v) is 6.98. The summed E-state index contributed by atoms with van der Waals surface area (Å²) in [6.45, 7) is 0.216. The van der Waals surface area contributed by atoms with Crippen molar-refractivity contribution in [2.45, 2.75) is 17.5 Å². The number of carbonyl (C=O) groups is 1. The summed E-state index contributed by atoms with van der Waals surface area (Å²) in [5.41, 5.74) is 1.72. The number of rotatable bonds is 6. The molecule has 4 rings (SSSR count). The lowest BCUT2D eigenvalue weighted by Crippen LogP contribution is -2.46. The van der Waals surface area contributed by atoms with Crippen LogP contribution in [0.25, 0.3) is 10.6 Å². The van der Waals surface area contributed by atoms with Crippen LogP contribution >= 0.6 is 23.1 Å². The van der Waals surface area contributed by atoms with Crippen molar-refractivity contribution in [1.29, 1.82) is 0 Å². The van der Waals surface area contributed by atoms with E-state index < -0.39 is 21.9 Å². The van der Waals surface area contributed by atoms with Gasteiger partial charge in [0.25, 0.3) is 0 Å². The van der Waals surface area contributed by atoms with Crippen LogP contribution in [0.2, 0.25) is 0 Å². The minimum Gasteiger partial charge on any atom is -0.349 e. The van der Waals surface area contributed by atoms with E-state index in [2.05, 4.69) is 10.3 Å². The third-order valence-electron chi connectivity index (χ3n) is 4.58. The van der Waals surface area contributed by atoms with Crippen LogP contribution in [0.15, 0.2) is 64.9 Å². The van der Waals surface area contributed by atoms with Crippen LogP contribution in [0.1, 0.15) is 5.69 Å². The number of halogens is 1. The van der Waals surface area contributed by atoms with Gasteiger partial charge in [0, 0.05) is 16.7 Å². The van der Waals surface area contributed by atoms with Gasteiger partial charge in [-0.1, -0.05) is 30.3 Å². The maximum absolute atomic E-state index is 13.1. The van der Waals surface area contributed by atoms with Crippen LogP contribution in [0.5, 0.6) is 0 Å². The molecular weight excluding hydrogens is 445 g/mol. The Balaban J connectivity index is 1.43. The van der Waals surface area contributed by atoms with Crippen molar-refractivity contribution < 1.29 is 17.6 Å². The van der Waals surface area contributed by atoms with E-state index in [1.165, 1.54) is 35.2 Å². The number of aromatic nitrogens is 1. The number of nitrogens with one attached hydrogen (secondary N) is 1. The Morgan fingerprint density at radius 2 is 1.90 bits per heavy atom. The molecule has 10 heteroatoms. The number of nitrogens with zero attached hydrogens (tertiary/aromatic N) is 2. The molecule has 1 saturated heterocycles. The lowest BCUT2D eigenvalue weighted by atomic mass is 10.2. The van der Waals surface area contributed by atoms with Crippen molar-refractivity contribution in [3.8, 4) is 10.6 Å². The fourth-order valence-electron chi connectivity index (χ4n) is 3.01. The zero-order valence-corrected chi connectivity index (χ0v) is 18.1. The highest BCUT2D eigenvalue weighted by atomic mass is 32.2. The maximum atomic E-state index is 13.1. The summed E-state index contributed by atoms with van der Waals surface area (Å²) in [5, 5.41) is 5.53. The number of hydrogen-bond donors (Lipinski definition) is 1. The van der Waals surface area contributed by atoms with Crippen LogP contribution < -0.4 is 5.32 Å². The zero-order valence-electron chi connectivity index (χ0n) is 15.7. The molecule has 0 saturated carbocycles. The zero-order chi connectivity index (χ0) is 21.1. The van der Waals surface area contributed by atoms with E-state index in [9.17, 15) is 17.6 Å². The Kier molecular flexibility index (Phi) is 6.19. The minimum atomic E-state index is -3.89. The third kappa shape index (κ3) is 4.41. The number of sulfonamides is 1. The molecule has 1 atom stereocenters. The molecule has 156 valence electrons. The van der Waals surface area contributed by atoms with Gasteiger partial charge in [-0.05, 0) is 24.3 Å². The summed E-state index contributed by atoms with van der Waals surface area (Å²) in [6, 6.07) is 13.5. The predicted molar refractivity (Wildman–Crippen MR) is 116 cm³/mol. The number of thiazole rings is 1. The van der Waals surface area contributed by atoms with E-state index in [1.54, 1.807) is 0 Å². The first-order chi connectivity index (χ1) is 14.4. The molecule has 2 aromatic carbocycles. The second-order valence-electron chi connectivity index (χ2n) is 6.59. The van der Waals surface area contributed by atoms with Crippen molar-refractivity contribution >= 4 is 39.0 Å². The topological polar surface area (TPSA) is 79.4 Å². The van der Waals surface area contributed by atoms with Gasteiger partial charge in [0.2, 0.25) is 15.9 Å². The number of carbonyl (C=O) groups excluding carboxylic acids is 1. The van der Waals surface area contributed by atoms with E-state index in [0.717, 1.165) is 27.0 Å². The molecule has 6 nitrogen and oxygen atoms in total. The monoisotopic (exact) mass is 463 g/mol. The van der Waals surface area contributed by atoms with Gasteiger partial charge in [0.05, 0.1) is 23.0 Å². The quantitative estimate of drug-likeness (QED) is 0.607. The Labute approximate surface area is 182 Å². The first-order valence-electron chi connectivity index (χ1n) is 9.08. The van der Waals surface area contributed by atoms with Crippen molar-refractivity contribution in [3.63, 3.8) is 0 Å². The van der Waals surface area contributed by atoms with Gasteiger partial charge in [0.15, 0.2) is 0 Å². The van der Waals surface area contributed by atoms with Crippen molar-refractivity contribution in [2.24, 2.45) is 0 Å². The van der Waals surface area contributed by atoms with Gasteiger partial charge >= 0.3 is 0 Å². The van der Waals surface area contributed by atoms with Crippen LogP contribution in [0.3, 0.4) is 0 Å². The van der Waals surface area contributed by atoms with Gasteiger partial charge in [0.1, 0.15) is 16.9 Å². The SMILES string of the molecule is O=C(NCc1csc(-c2ccccc2)n1)[C@H]1CSCN1S(=O)(=O)c1ccc(F)cc1. The Hall–Kier alpha value is -2.27. The molecule has 1 aliphatic heterocycles. The average molecular weight is 464 g/mol. The van der Waals surface area contributed by atoms with Gasteiger partial charge < -0.3 is 5.32 Å². The van der Waals surface area contributed by atoms with Gasteiger partial charge in [-0.3, -0.25) is 4.79 Å². The van der Waals surface area contributed by atoms with E-state index in [-0.39, 0.29) is 23.2 Å². The molecule has 1 N–H and O–H groups in total. The normalized spacial score (nSPS) is 17.2. The largest absolute Gasteiger partial charge is 0.349 e. The molecule has 3 aromatic rings. The molecule has 1 aliphatic rings. The lowest BCUT2D eigenvalue weighted by Gasteiger charge is -2.22. The molecule has 1 aromatic heterocycles. The van der Waals surface area contributed by atoms with Crippen molar-refractivity contribution in [2.75, 3.05) is 11.6 Å². The Bertz CT molecular complexity index is 1130. The molecule has 30 heavy (non-hydrogen) atoms. The van der Waals surface area contributed by atoms with Crippen LogP contribution in [-0.2, 0) is 21.4 Å². The van der Waals surface area contributed by atoms with E-state index in [1.807, 2.05) is 35.7 Å². The van der Waals surface area contributed by atoms with E-state index in [0.29, 0.717) is 11.4 Å². The summed E-state index contributed by atoms with van der Waals surface area (Å²) >= 11 is 2.85. The van der Waals surface area contributed by atoms with Crippen LogP contribution in [0, 0.1) is 5.82 Å². The molecule has 0 bridgehead atoms. The smallest absolute Gasteiger partial charge is 0.244 e. The Morgan fingerprint density at radius 1 is 1.17 bits per heavy atom. The average Bonchev–Trinajstić information content (AvgIpc) is 3.43. The number of thioether (sulfide) groups is 1. The number of hydrogen-bond acceptors (Lipinski definition) is 6. The molecule has 0 unspecified atom stereocenters. The summed E-state index contributed by atoms with van der Waals surface area (Å²) in [5.74, 6) is -0.359. The number of amides is 1. The summed E-state index contributed by atoms with van der Waals surface area (Å²) in [6.07, 6.45) is 0. The Morgan fingerprint density at radius 3 is 2.63 bits per heavy atom. The van der Waals surface area contributed by atoms with Crippen molar-refractivity contribution in [1.82, 2.24) is 14.6 Å². The molecule has 0 spiro atoms. The molecule has 0 aliphatic carbocycles. The number of benzene rings is 2. The second kappa shape index (κ2) is 8.84. The highest BCUT2D eigenvalue weighted by Gasteiger charge is 2.39. The highest BCUT2D eigenvalue weighted by Crippen LogP contribution is 2.29. The maximum Gasteiger partial charge on any atom is 0.244 e. The van der Waals surface area contributed by atoms with Gasteiger partial charge in [-0.2, -0.15) is 4.31 Å². The molecule has 1 fully saturated rings. The van der Waals surface area contributed by atoms with Gasteiger partial charge in [-0.25, -0.2) is 17.8 Å². The van der Waals surface area contributed by atoms with E-state index in [4.69, 9.17) is 0 Å². The summed E-state index contributed by atoms with van der Waals surface area (Å²) in [4.78, 5) is 17.2. The highest BCUT2D eigenvalue weighted by molar-refractivity contribution is 8.00. The molecule has 0 radical (unpaired) electrons. The van der Waals surface area contributed by atoms with Gasteiger partial charge in [-0.15, -0.1) is 23.1 Å². The van der Waals surface area contributed by atoms with Crippen LogP contribution in [-0.4, -0.2) is 41.3 Å². The fraction of sp³-hybridized carbons (Fsp3) is 0.200.